The van der Waals surface area contributed by atoms with Crippen molar-refractivity contribution in [3.8, 4) is 5.75 Å². The summed E-state index contributed by atoms with van der Waals surface area (Å²) in [6.45, 7) is -0.195. The maximum atomic E-state index is 16.1. The second kappa shape index (κ2) is 14.9. The van der Waals surface area contributed by atoms with Gasteiger partial charge in [0, 0.05) is 41.0 Å². The number of aromatic nitrogens is 2. The van der Waals surface area contributed by atoms with E-state index in [2.05, 4.69) is 27.0 Å². The molecule has 286 valence electrons. The Hall–Kier alpha value is -6.55. The number of halogens is 1. The lowest BCUT2D eigenvalue weighted by Crippen LogP contribution is -2.41. The van der Waals surface area contributed by atoms with Gasteiger partial charge in [-0.25, -0.2) is 23.2 Å². The highest BCUT2D eigenvalue weighted by Gasteiger charge is 2.38. The molecule has 2 fully saturated rings. The van der Waals surface area contributed by atoms with Crippen molar-refractivity contribution < 1.29 is 36.7 Å². The fourth-order valence-electron chi connectivity index (χ4n) is 7.28. The summed E-state index contributed by atoms with van der Waals surface area (Å²) in [4.78, 5) is 54.0. The molecular formula is C40H36FN7O7S. The summed E-state index contributed by atoms with van der Waals surface area (Å²) >= 11 is 0. The smallest absolute Gasteiger partial charge is 0.326 e. The van der Waals surface area contributed by atoms with Gasteiger partial charge in [0.2, 0.25) is 11.8 Å². The van der Waals surface area contributed by atoms with Gasteiger partial charge in [-0.15, -0.1) is 0 Å². The molecule has 2 aromatic heterocycles. The number of imide groups is 1. The van der Waals surface area contributed by atoms with Gasteiger partial charge in [0.25, 0.3) is 5.91 Å². The van der Waals surface area contributed by atoms with Gasteiger partial charge in [0.1, 0.15) is 36.3 Å². The second-order valence-electron chi connectivity index (χ2n) is 13.7. The Bertz CT molecular complexity index is 2670. The largest absolute Gasteiger partial charge is 0.487 e. The number of urea groups is 1. The van der Waals surface area contributed by atoms with Crippen molar-refractivity contribution in [3.63, 3.8) is 0 Å². The molecule has 0 spiro atoms. The minimum atomic E-state index is -4.34. The predicted molar refractivity (Wildman–Crippen MR) is 208 cm³/mol. The lowest BCUT2D eigenvalue weighted by molar-refractivity contribution is -0.135. The van der Waals surface area contributed by atoms with Gasteiger partial charge in [-0.3, -0.25) is 19.7 Å². The molecule has 1 atom stereocenters. The highest BCUT2D eigenvalue weighted by Crippen LogP contribution is 2.40. The topological polar surface area (TPSA) is 181 Å². The number of benzene rings is 4. The fourth-order valence-corrected chi connectivity index (χ4v) is 8.44. The molecule has 1 unspecified atom stereocenters. The van der Waals surface area contributed by atoms with E-state index < -0.39 is 40.6 Å². The first-order valence-corrected chi connectivity index (χ1v) is 19.5. The molecule has 2 aliphatic heterocycles. The summed E-state index contributed by atoms with van der Waals surface area (Å²) in [6.07, 6.45) is 4.59. The Morgan fingerprint density at radius 2 is 1.75 bits per heavy atom. The number of ether oxygens (including phenoxy) is 1. The van der Waals surface area contributed by atoms with Crippen LogP contribution in [0.1, 0.15) is 42.9 Å². The Morgan fingerprint density at radius 3 is 2.54 bits per heavy atom. The molecule has 56 heavy (non-hydrogen) atoms. The first-order chi connectivity index (χ1) is 27.1. The Kier molecular flexibility index (Phi) is 9.72. The van der Waals surface area contributed by atoms with Crippen LogP contribution in [0.15, 0.2) is 91.1 Å². The first-order valence-electron chi connectivity index (χ1n) is 18.1. The number of hydrogen-bond acceptors (Lipinski definition) is 8. The van der Waals surface area contributed by atoms with Crippen molar-refractivity contribution >= 4 is 78.0 Å². The minimum absolute atomic E-state index is 0.00939. The Morgan fingerprint density at radius 1 is 0.911 bits per heavy atom. The zero-order chi connectivity index (χ0) is 39.0. The lowest BCUT2D eigenvalue weighted by atomic mass is 10.0. The molecule has 4 N–H and O–H groups in total. The molecule has 16 heteroatoms. The number of rotatable bonds is 11. The quantitative estimate of drug-likeness (QED) is 0.100. The molecule has 6 aromatic rings. The van der Waals surface area contributed by atoms with E-state index in [4.69, 9.17) is 4.74 Å². The van der Waals surface area contributed by atoms with Crippen molar-refractivity contribution in [2.45, 2.75) is 44.8 Å². The van der Waals surface area contributed by atoms with E-state index in [1.807, 2.05) is 51.8 Å². The number of hydrogen-bond donors (Lipinski definition) is 4. The number of fused-ring (bicyclic) bond motifs is 4. The maximum absolute atomic E-state index is 16.1. The third kappa shape index (κ3) is 7.18. The molecule has 0 bridgehead atoms. The van der Waals surface area contributed by atoms with Gasteiger partial charge in [0.05, 0.1) is 5.52 Å². The summed E-state index contributed by atoms with van der Waals surface area (Å²) in [5, 5.41) is 10.4. The number of unbranched alkanes of at least 4 members (excludes halogenated alkanes) is 1. The summed E-state index contributed by atoms with van der Waals surface area (Å²) < 4.78 is 51.9. The summed E-state index contributed by atoms with van der Waals surface area (Å²) in [5.41, 5.74) is 3.41. The van der Waals surface area contributed by atoms with Crippen LogP contribution in [-0.4, -0.2) is 54.8 Å². The van der Waals surface area contributed by atoms with Crippen molar-refractivity contribution in [2.75, 3.05) is 22.7 Å². The first kappa shape index (κ1) is 36.4. The van der Waals surface area contributed by atoms with Crippen LogP contribution in [0.2, 0.25) is 0 Å². The van der Waals surface area contributed by atoms with E-state index in [1.165, 1.54) is 18.2 Å². The maximum Gasteiger partial charge on any atom is 0.326 e. The molecule has 0 aliphatic carbocycles. The normalized spacial score (nSPS) is 16.6. The van der Waals surface area contributed by atoms with Crippen molar-refractivity contribution in [2.24, 2.45) is 0 Å². The lowest BCUT2D eigenvalue weighted by Gasteiger charge is -2.23. The number of nitrogens with one attached hydrogen (secondary N) is 4. The molecule has 2 saturated heterocycles. The van der Waals surface area contributed by atoms with Crippen LogP contribution in [-0.2, 0) is 37.6 Å². The van der Waals surface area contributed by atoms with Gasteiger partial charge in [0.15, 0.2) is 5.82 Å². The number of amides is 5. The van der Waals surface area contributed by atoms with Gasteiger partial charge in [-0.05, 0) is 90.7 Å². The summed E-state index contributed by atoms with van der Waals surface area (Å²) in [5.74, 6) is -2.37. The van der Waals surface area contributed by atoms with Gasteiger partial charge in [-0.2, -0.15) is 8.42 Å². The number of aryl methyl sites for hydroxylation is 1. The van der Waals surface area contributed by atoms with Crippen LogP contribution in [0.5, 0.6) is 5.75 Å². The van der Waals surface area contributed by atoms with Crippen molar-refractivity contribution in [3.05, 3.63) is 108 Å². The van der Waals surface area contributed by atoms with Crippen LogP contribution in [0.3, 0.4) is 0 Å². The molecule has 8 rings (SSSR count). The average Bonchev–Trinajstić information content (AvgIpc) is 3.65. The Labute approximate surface area is 320 Å². The van der Waals surface area contributed by atoms with Crippen LogP contribution in [0.4, 0.5) is 20.6 Å². The van der Waals surface area contributed by atoms with Crippen molar-refractivity contribution in [1.82, 2.24) is 24.9 Å². The number of anilines is 2. The number of carbonyl (C=O) groups is 4. The van der Waals surface area contributed by atoms with Crippen molar-refractivity contribution in [1.29, 1.82) is 0 Å². The molecule has 14 nitrogen and oxygen atoms in total. The summed E-state index contributed by atoms with van der Waals surface area (Å²) in [6, 6.07) is 24.0. The zero-order valence-electron chi connectivity index (χ0n) is 29.9. The highest BCUT2D eigenvalue weighted by molar-refractivity contribution is 7.92. The van der Waals surface area contributed by atoms with Crippen LogP contribution in [0.25, 0.3) is 32.7 Å². The van der Waals surface area contributed by atoms with Crippen LogP contribution >= 0.6 is 0 Å². The van der Waals surface area contributed by atoms with E-state index in [9.17, 15) is 27.6 Å². The summed E-state index contributed by atoms with van der Waals surface area (Å²) in [7, 11) is -4.34. The number of nitrogens with zero attached hydrogens (tertiary/aromatic N) is 3. The number of carbonyl (C=O) groups excluding carboxylic acids is 4. The van der Waals surface area contributed by atoms with Gasteiger partial charge < -0.3 is 19.9 Å². The molecule has 0 radical (unpaired) electrons. The molecular weight excluding hydrogens is 742 g/mol. The standard InChI is InChI=1S/C40H36FN7O7S/c41-36-28-13-12-27(20-26(28)21-33(55-23-25-8-2-1-3-9-25)37(36)47-22-35(50)46-56(47,53)54)44-40(52)43-17-5-4-7-24-11-14-31-30(19-24)29-10-6-18-42-38(29)48(31)32-15-16-34(49)45-39(32)51/h1-3,6,8-14,18-21,32H,4-5,7,15-17,22-23H2,(H,46,50)(H2,43,44,52)(H,45,49,51). The van der Waals surface area contributed by atoms with E-state index in [1.54, 1.807) is 24.4 Å². The fraction of sp³-hybridized carbons (Fsp3) is 0.225. The average molecular weight is 778 g/mol. The van der Waals surface area contributed by atoms with Crippen LogP contribution < -0.4 is 29.7 Å². The molecule has 0 saturated carbocycles. The Balaban J connectivity index is 0.917. The van der Waals surface area contributed by atoms with Gasteiger partial charge >= 0.3 is 16.2 Å². The van der Waals surface area contributed by atoms with Crippen LogP contribution in [0, 0.1) is 5.82 Å². The van der Waals surface area contributed by atoms with E-state index in [0.29, 0.717) is 40.4 Å². The molecule has 5 amide bonds. The minimum Gasteiger partial charge on any atom is -0.487 e. The number of piperidine rings is 1. The van der Waals surface area contributed by atoms with E-state index in [-0.39, 0.29) is 41.7 Å². The zero-order valence-corrected chi connectivity index (χ0v) is 30.7. The van der Waals surface area contributed by atoms with Gasteiger partial charge in [-0.1, -0.05) is 36.4 Å². The monoisotopic (exact) mass is 777 g/mol. The number of pyridine rings is 1. The van der Waals surface area contributed by atoms with E-state index >= 15 is 4.39 Å². The predicted octanol–water partition coefficient (Wildman–Crippen LogP) is 5.36. The highest BCUT2D eigenvalue weighted by atomic mass is 32.2. The molecule has 4 aromatic carbocycles. The molecule has 2 aliphatic rings. The second-order valence-corrected chi connectivity index (χ2v) is 15.3. The third-order valence-corrected chi connectivity index (χ3v) is 11.3. The molecule has 4 heterocycles. The van der Waals surface area contributed by atoms with E-state index in [0.717, 1.165) is 40.3 Å². The SMILES string of the molecule is O=C1CCC(n2c3ccc(CCCCNC(=O)Nc4ccc5c(F)c(N6CC(=O)NS6(=O)=O)c(OCc6ccccc6)cc5c4)cc3c3cccnc32)C(=O)N1. The third-order valence-electron chi connectivity index (χ3n) is 9.91.